The van der Waals surface area contributed by atoms with Crippen molar-refractivity contribution in [2.45, 2.75) is 6.92 Å². The lowest BCUT2D eigenvalue weighted by atomic mass is 10.2. The predicted octanol–water partition coefficient (Wildman–Crippen LogP) is 4.98. The second-order valence-electron chi connectivity index (χ2n) is 7.07. The van der Waals surface area contributed by atoms with Gasteiger partial charge in [0, 0.05) is 31.2 Å². The van der Waals surface area contributed by atoms with Crippen molar-refractivity contribution in [3.63, 3.8) is 0 Å². The molecule has 2 aromatic carbocycles. The van der Waals surface area contributed by atoms with Gasteiger partial charge in [0.15, 0.2) is 5.13 Å². The van der Waals surface area contributed by atoms with Crippen molar-refractivity contribution in [1.82, 2.24) is 9.88 Å². The Kier molecular flexibility index (Phi) is 7.30. The minimum Gasteiger partial charge on any atom is -0.492 e. The molecule has 2 heterocycles. The number of hydrogen-bond donors (Lipinski definition) is 0. The number of carbonyl (C=O) groups is 1. The number of ether oxygens (including phenoxy) is 2. The van der Waals surface area contributed by atoms with Crippen LogP contribution < -0.4 is 9.64 Å². The summed E-state index contributed by atoms with van der Waals surface area (Å²) in [7, 11) is 0. The summed E-state index contributed by atoms with van der Waals surface area (Å²) in [6.45, 7) is 6.75. The third kappa shape index (κ3) is 5.13. The maximum absolute atomic E-state index is 13.6. The highest BCUT2D eigenvalue weighted by molar-refractivity contribution is 7.22. The second-order valence-corrected chi connectivity index (χ2v) is 8.92. The van der Waals surface area contributed by atoms with Crippen LogP contribution in [0.15, 0.2) is 36.4 Å². The number of benzene rings is 2. The number of morpholine rings is 1. The van der Waals surface area contributed by atoms with Gasteiger partial charge in [0.2, 0.25) is 0 Å². The molecule has 0 radical (unpaired) electrons. The number of aromatic nitrogens is 1. The molecule has 0 spiro atoms. The van der Waals surface area contributed by atoms with E-state index in [1.54, 1.807) is 23.1 Å². The second kappa shape index (κ2) is 10.1. The topological polar surface area (TPSA) is 54.9 Å². The lowest BCUT2D eigenvalue weighted by Crippen LogP contribution is -2.43. The molecule has 4 rings (SSSR count). The fourth-order valence-corrected chi connectivity index (χ4v) is 4.83. The molecule has 164 valence electrons. The molecule has 0 bridgehead atoms. The largest absolute Gasteiger partial charge is 0.492 e. The van der Waals surface area contributed by atoms with Gasteiger partial charge >= 0.3 is 0 Å². The minimum atomic E-state index is -0.224. The van der Waals surface area contributed by atoms with E-state index in [0.717, 1.165) is 23.3 Å². The third-order valence-electron chi connectivity index (χ3n) is 5.05. The first-order chi connectivity index (χ1) is 15.1. The zero-order chi connectivity index (χ0) is 21.8. The number of rotatable bonds is 7. The standard InChI is InChI=1S/C22H23Cl2N3O3S/c1-2-30-18-4-3-5-19-20(18)25-22(31-19)27(9-8-26-10-12-29-13-11-26)21(28)16-14-15(23)6-7-17(16)24/h3-7,14H,2,8-13H2,1H3. The quantitative estimate of drug-likeness (QED) is 0.478. The lowest BCUT2D eigenvalue weighted by Gasteiger charge is -2.29. The van der Waals surface area contributed by atoms with Gasteiger partial charge in [-0.05, 0) is 37.3 Å². The average Bonchev–Trinajstić information content (AvgIpc) is 3.21. The Bertz CT molecular complexity index is 1070. The van der Waals surface area contributed by atoms with Crippen LogP contribution in [0.25, 0.3) is 10.2 Å². The van der Waals surface area contributed by atoms with Crippen LogP contribution in [-0.4, -0.2) is 61.8 Å². The van der Waals surface area contributed by atoms with Gasteiger partial charge in [-0.3, -0.25) is 14.6 Å². The van der Waals surface area contributed by atoms with Gasteiger partial charge in [0.05, 0.1) is 35.1 Å². The maximum Gasteiger partial charge on any atom is 0.261 e. The summed E-state index contributed by atoms with van der Waals surface area (Å²) < 4.78 is 12.1. The van der Waals surface area contributed by atoms with Crippen molar-refractivity contribution >= 4 is 55.8 Å². The fraction of sp³-hybridized carbons (Fsp3) is 0.364. The van der Waals surface area contributed by atoms with Crippen LogP contribution in [0.1, 0.15) is 17.3 Å². The SMILES string of the molecule is CCOc1cccc2sc(N(CCN3CCOCC3)C(=O)c3cc(Cl)ccc3Cl)nc12. The van der Waals surface area contributed by atoms with E-state index in [1.807, 2.05) is 25.1 Å². The molecule has 1 saturated heterocycles. The van der Waals surface area contributed by atoms with Gasteiger partial charge in [0.25, 0.3) is 5.91 Å². The van der Waals surface area contributed by atoms with Crippen LogP contribution in [0.4, 0.5) is 5.13 Å². The molecule has 1 amide bonds. The van der Waals surface area contributed by atoms with Gasteiger partial charge in [0.1, 0.15) is 11.3 Å². The smallest absolute Gasteiger partial charge is 0.261 e. The molecular formula is C22H23Cl2N3O3S. The molecule has 0 unspecified atom stereocenters. The summed E-state index contributed by atoms with van der Waals surface area (Å²) >= 11 is 14.0. The van der Waals surface area contributed by atoms with Gasteiger partial charge in [-0.25, -0.2) is 4.98 Å². The summed E-state index contributed by atoms with van der Waals surface area (Å²) in [4.78, 5) is 22.3. The summed E-state index contributed by atoms with van der Waals surface area (Å²) in [6, 6.07) is 10.7. The first kappa shape index (κ1) is 22.3. The molecule has 1 aliphatic rings. The summed E-state index contributed by atoms with van der Waals surface area (Å²) in [6.07, 6.45) is 0. The Morgan fingerprint density at radius 1 is 1.26 bits per heavy atom. The van der Waals surface area contributed by atoms with Crippen LogP contribution in [0.3, 0.4) is 0 Å². The van der Waals surface area contributed by atoms with Crippen molar-refractivity contribution in [2.75, 3.05) is 50.9 Å². The Morgan fingerprint density at radius 3 is 2.84 bits per heavy atom. The molecular weight excluding hydrogens is 457 g/mol. The van der Waals surface area contributed by atoms with E-state index in [9.17, 15) is 4.79 Å². The van der Waals surface area contributed by atoms with Crippen molar-refractivity contribution in [2.24, 2.45) is 0 Å². The Labute approximate surface area is 195 Å². The van der Waals surface area contributed by atoms with Crippen LogP contribution in [0, 0.1) is 0 Å². The Hall–Kier alpha value is -1.90. The van der Waals surface area contributed by atoms with Gasteiger partial charge in [-0.1, -0.05) is 40.6 Å². The van der Waals surface area contributed by atoms with E-state index in [2.05, 4.69) is 4.90 Å². The monoisotopic (exact) mass is 479 g/mol. The van der Waals surface area contributed by atoms with E-state index in [4.69, 9.17) is 37.7 Å². The molecule has 0 N–H and O–H groups in total. The van der Waals surface area contributed by atoms with E-state index in [1.165, 1.54) is 11.3 Å². The van der Waals surface area contributed by atoms with Crippen molar-refractivity contribution < 1.29 is 14.3 Å². The number of thiazole rings is 1. The number of carbonyl (C=O) groups excluding carboxylic acids is 1. The van der Waals surface area contributed by atoms with Gasteiger partial charge < -0.3 is 9.47 Å². The number of amides is 1. The van der Waals surface area contributed by atoms with Gasteiger partial charge in [-0.2, -0.15) is 0 Å². The van der Waals surface area contributed by atoms with Gasteiger partial charge in [-0.15, -0.1) is 0 Å². The van der Waals surface area contributed by atoms with Crippen LogP contribution >= 0.6 is 34.5 Å². The Morgan fingerprint density at radius 2 is 2.06 bits per heavy atom. The van der Waals surface area contributed by atoms with Crippen molar-refractivity contribution in [3.05, 3.63) is 52.0 Å². The first-order valence-electron chi connectivity index (χ1n) is 10.2. The third-order valence-corrected chi connectivity index (χ3v) is 6.66. The number of fused-ring (bicyclic) bond motifs is 1. The molecule has 31 heavy (non-hydrogen) atoms. The van der Waals surface area contributed by atoms with E-state index < -0.39 is 0 Å². The number of nitrogens with zero attached hydrogens (tertiary/aromatic N) is 3. The van der Waals surface area contributed by atoms with Crippen molar-refractivity contribution in [3.8, 4) is 5.75 Å². The number of anilines is 1. The first-order valence-corrected chi connectivity index (χ1v) is 11.7. The molecule has 1 aliphatic heterocycles. The number of para-hydroxylation sites is 1. The Balaban J connectivity index is 1.69. The van der Waals surface area contributed by atoms with Crippen LogP contribution in [0.5, 0.6) is 5.75 Å². The van der Waals surface area contributed by atoms with E-state index >= 15 is 0 Å². The lowest BCUT2D eigenvalue weighted by molar-refractivity contribution is 0.0391. The molecule has 1 fully saturated rings. The van der Waals surface area contributed by atoms with E-state index in [-0.39, 0.29) is 5.91 Å². The fourth-order valence-electron chi connectivity index (χ4n) is 3.46. The molecule has 6 nitrogen and oxygen atoms in total. The number of hydrogen-bond acceptors (Lipinski definition) is 6. The maximum atomic E-state index is 13.6. The molecule has 0 atom stereocenters. The van der Waals surface area contributed by atoms with Crippen LogP contribution in [0.2, 0.25) is 10.0 Å². The molecule has 9 heteroatoms. The molecule has 1 aromatic heterocycles. The minimum absolute atomic E-state index is 0.224. The van der Waals surface area contributed by atoms with E-state index in [0.29, 0.717) is 59.4 Å². The number of halogens is 2. The summed E-state index contributed by atoms with van der Waals surface area (Å²) in [5.74, 6) is 0.488. The summed E-state index contributed by atoms with van der Waals surface area (Å²) in [5.41, 5.74) is 1.12. The average molecular weight is 480 g/mol. The highest BCUT2D eigenvalue weighted by Gasteiger charge is 2.25. The predicted molar refractivity (Wildman–Crippen MR) is 126 cm³/mol. The van der Waals surface area contributed by atoms with Crippen molar-refractivity contribution in [1.29, 1.82) is 0 Å². The molecule has 0 aliphatic carbocycles. The van der Waals surface area contributed by atoms with Crippen LogP contribution in [-0.2, 0) is 4.74 Å². The highest BCUT2D eigenvalue weighted by atomic mass is 35.5. The molecule has 0 saturated carbocycles. The highest BCUT2D eigenvalue weighted by Crippen LogP contribution is 2.35. The summed E-state index contributed by atoms with van der Waals surface area (Å²) in [5, 5.41) is 1.43. The zero-order valence-corrected chi connectivity index (χ0v) is 19.5. The molecule has 3 aromatic rings. The normalized spacial score (nSPS) is 14.7. The zero-order valence-electron chi connectivity index (χ0n) is 17.1.